The predicted molar refractivity (Wildman–Crippen MR) is 111 cm³/mol. The van der Waals surface area contributed by atoms with Crippen molar-refractivity contribution >= 4 is 29.2 Å². The molecule has 8 nitrogen and oxygen atoms in total. The first kappa shape index (κ1) is 19.6. The molecule has 0 aliphatic rings. The van der Waals surface area contributed by atoms with E-state index in [1.165, 1.54) is 6.07 Å². The Labute approximate surface area is 168 Å². The average molecular weight is 388 g/mol. The molecule has 1 amide bonds. The molecule has 0 atom stereocenters. The van der Waals surface area contributed by atoms with Crippen LogP contribution >= 0.6 is 0 Å². The lowest BCUT2D eigenvalue weighted by atomic mass is 10.1. The number of aryl methyl sites for hydroxylation is 3. The van der Waals surface area contributed by atoms with Crippen molar-refractivity contribution < 1.29 is 9.53 Å². The first-order valence-corrected chi connectivity index (χ1v) is 8.82. The van der Waals surface area contributed by atoms with Gasteiger partial charge >= 0.3 is 6.09 Å². The van der Waals surface area contributed by atoms with Crippen LogP contribution < -0.4 is 21.1 Å². The van der Waals surface area contributed by atoms with Gasteiger partial charge in [0.2, 0.25) is 11.8 Å². The zero-order valence-electron chi connectivity index (χ0n) is 16.3. The van der Waals surface area contributed by atoms with Crippen molar-refractivity contribution in [3.63, 3.8) is 0 Å². The summed E-state index contributed by atoms with van der Waals surface area (Å²) in [4.78, 5) is 19.8. The second kappa shape index (κ2) is 8.27. The first-order chi connectivity index (χ1) is 13.8. The monoisotopic (exact) mass is 388 g/mol. The van der Waals surface area contributed by atoms with Crippen LogP contribution in [0.3, 0.4) is 0 Å². The number of anilines is 4. The summed E-state index contributed by atoms with van der Waals surface area (Å²) in [6, 6.07) is 14.5. The van der Waals surface area contributed by atoms with Gasteiger partial charge < -0.3 is 21.1 Å². The maximum atomic E-state index is 11.2. The number of amides is 1. The second-order valence-corrected chi connectivity index (χ2v) is 6.55. The summed E-state index contributed by atoms with van der Waals surface area (Å²) in [6.45, 7) is 6.04. The van der Waals surface area contributed by atoms with Crippen molar-refractivity contribution in [2.75, 3.05) is 10.6 Å². The fourth-order valence-electron chi connectivity index (χ4n) is 2.96. The summed E-state index contributed by atoms with van der Waals surface area (Å²) in [5.41, 5.74) is 10.5. The Balaban J connectivity index is 1.95. The maximum absolute atomic E-state index is 11.2. The second-order valence-electron chi connectivity index (χ2n) is 6.55. The summed E-state index contributed by atoms with van der Waals surface area (Å²) in [6.07, 6.45) is -0.971. The number of aromatic nitrogens is 2. The molecule has 3 aromatic rings. The number of ether oxygens (including phenoxy) is 1. The van der Waals surface area contributed by atoms with E-state index in [4.69, 9.17) is 15.7 Å². The van der Waals surface area contributed by atoms with Crippen molar-refractivity contribution in [1.29, 1.82) is 5.26 Å². The van der Waals surface area contributed by atoms with Gasteiger partial charge in [0, 0.05) is 17.4 Å². The number of carbonyl (C=O) groups excluding carboxylic acids is 1. The topological polar surface area (TPSA) is 126 Å². The van der Waals surface area contributed by atoms with Crippen LogP contribution in [0.5, 0.6) is 5.88 Å². The third kappa shape index (κ3) is 4.99. The van der Waals surface area contributed by atoms with E-state index >= 15 is 0 Å². The number of carbonyl (C=O) groups is 1. The average Bonchev–Trinajstić information content (AvgIpc) is 2.64. The molecule has 1 aromatic heterocycles. The maximum Gasteiger partial charge on any atom is 0.411 e. The van der Waals surface area contributed by atoms with E-state index in [0.717, 1.165) is 22.4 Å². The molecule has 0 saturated carbocycles. The van der Waals surface area contributed by atoms with Gasteiger partial charge in [0.05, 0.1) is 11.6 Å². The number of nitriles is 1. The van der Waals surface area contributed by atoms with Gasteiger partial charge in [-0.2, -0.15) is 15.2 Å². The van der Waals surface area contributed by atoms with Crippen molar-refractivity contribution in [3.05, 3.63) is 64.7 Å². The van der Waals surface area contributed by atoms with Crippen molar-refractivity contribution in [2.24, 2.45) is 5.73 Å². The van der Waals surface area contributed by atoms with Gasteiger partial charge in [0.15, 0.2) is 0 Å². The zero-order valence-corrected chi connectivity index (χ0v) is 16.3. The SMILES string of the molecule is Cc1cc(C)c(Nc2cc(OC(N)=O)nc(Nc3ccc(C#N)cc3)n2)c(C)c1. The third-order valence-electron chi connectivity index (χ3n) is 4.11. The molecule has 8 heteroatoms. The lowest BCUT2D eigenvalue weighted by molar-refractivity contribution is 0.209. The quantitative estimate of drug-likeness (QED) is 0.597. The number of primary amides is 1. The normalized spacial score (nSPS) is 10.1. The fourth-order valence-corrected chi connectivity index (χ4v) is 2.96. The summed E-state index contributed by atoms with van der Waals surface area (Å²) >= 11 is 0. The third-order valence-corrected chi connectivity index (χ3v) is 4.11. The Morgan fingerprint density at radius 2 is 1.69 bits per heavy atom. The van der Waals surface area contributed by atoms with Crippen LogP contribution in [0.25, 0.3) is 0 Å². The van der Waals surface area contributed by atoms with Crippen molar-refractivity contribution in [1.82, 2.24) is 9.97 Å². The van der Waals surface area contributed by atoms with Crippen LogP contribution in [-0.2, 0) is 0 Å². The molecule has 3 rings (SSSR count). The minimum absolute atomic E-state index is 0.00793. The standard InChI is InChI=1S/C21H20N6O2/c1-12-8-13(2)19(14(3)9-12)25-17-10-18(29-20(23)28)27-21(26-17)24-16-6-4-15(11-22)5-7-16/h4-10H,1-3H3,(H2,23,28)(H2,24,25,26,27). The molecule has 1 heterocycles. The van der Waals surface area contributed by atoms with E-state index in [-0.39, 0.29) is 11.8 Å². The lowest BCUT2D eigenvalue weighted by Gasteiger charge is -2.15. The van der Waals surface area contributed by atoms with Gasteiger partial charge in [-0.05, 0) is 56.2 Å². The van der Waals surface area contributed by atoms with Gasteiger partial charge in [-0.3, -0.25) is 0 Å². The number of rotatable bonds is 5. The minimum Gasteiger partial charge on any atom is -0.391 e. The molecule has 0 fully saturated rings. The molecular weight excluding hydrogens is 368 g/mol. The Kier molecular flexibility index (Phi) is 5.60. The van der Waals surface area contributed by atoms with E-state index in [1.54, 1.807) is 24.3 Å². The number of benzene rings is 2. The number of hydrogen-bond acceptors (Lipinski definition) is 7. The van der Waals surface area contributed by atoms with Gasteiger partial charge in [-0.25, -0.2) is 4.79 Å². The molecule has 0 bridgehead atoms. The molecule has 0 radical (unpaired) electrons. The van der Waals surface area contributed by atoms with Gasteiger partial charge in [-0.1, -0.05) is 17.7 Å². The zero-order chi connectivity index (χ0) is 21.0. The number of hydrogen-bond donors (Lipinski definition) is 3. The summed E-state index contributed by atoms with van der Waals surface area (Å²) in [5, 5.41) is 15.2. The van der Waals surface area contributed by atoms with Crippen LogP contribution in [-0.4, -0.2) is 16.1 Å². The molecule has 0 aliphatic heterocycles. The molecule has 29 heavy (non-hydrogen) atoms. The Hall–Kier alpha value is -4.12. The molecular formula is C21H20N6O2. The molecule has 0 unspecified atom stereocenters. The van der Waals surface area contributed by atoms with Crippen LogP contribution in [0.15, 0.2) is 42.5 Å². The summed E-state index contributed by atoms with van der Waals surface area (Å²) in [5.74, 6) is 0.648. The molecule has 146 valence electrons. The number of nitrogens with one attached hydrogen (secondary N) is 2. The number of nitrogens with two attached hydrogens (primary N) is 1. The van der Waals surface area contributed by atoms with E-state index in [0.29, 0.717) is 17.1 Å². The minimum atomic E-state index is -0.971. The van der Waals surface area contributed by atoms with Gasteiger partial charge in [-0.15, -0.1) is 0 Å². The van der Waals surface area contributed by atoms with Gasteiger partial charge in [0.1, 0.15) is 5.82 Å². The fraction of sp³-hybridized carbons (Fsp3) is 0.143. The van der Waals surface area contributed by atoms with Crippen LogP contribution in [0.4, 0.5) is 27.9 Å². The smallest absolute Gasteiger partial charge is 0.391 e. The van der Waals surface area contributed by atoms with E-state index < -0.39 is 6.09 Å². The Morgan fingerprint density at radius 1 is 1.03 bits per heavy atom. The highest BCUT2D eigenvalue weighted by atomic mass is 16.6. The predicted octanol–water partition coefficient (Wildman–Crippen LogP) is 4.22. The largest absolute Gasteiger partial charge is 0.411 e. The molecule has 0 saturated heterocycles. The Morgan fingerprint density at radius 3 is 2.28 bits per heavy atom. The lowest BCUT2D eigenvalue weighted by Crippen LogP contribution is -2.17. The molecule has 4 N–H and O–H groups in total. The molecule has 0 spiro atoms. The van der Waals surface area contributed by atoms with Crippen LogP contribution in [0.1, 0.15) is 22.3 Å². The van der Waals surface area contributed by atoms with Crippen LogP contribution in [0.2, 0.25) is 0 Å². The summed E-state index contributed by atoms with van der Waals surface area (Å²) in [7, 11) is 0. The van der Waals surface area contributed by atoms with E-state index in [1.807, 2.05) is 20.8 Å². The molecule has 0 aliphatic carbocycles. The Bertz CT molecular complexity index is 1080. The van der Waals surface area contributed by atoms with Crippen molar-refractivity contribution in [3.8, 4) is 11.9 Å². The van der Waals surface area contributed by atoms with E-state index in [9.17, 15) is 4.79 Å². The highest BCUT2D eigenvalue weighted by molar-refractivity contribution is 5.70. The summed E-state index contributed by atoms with van der Waals surface area (Å²) < 4.78 is 4.95. The van der Waals surface area contributed by atoms with Gasteiger partial charge in [0.25, 0.3) is 0 Å². The highest BCUT2D eigenvalue weighted by Gasteiger charge is 2.11. The van der Waals surface area contributed by atoms with Crippen molar-refractivity contribution in [2.45, 2.75) is 20.8 Å². The first-order valence-electron chi connectivity index (χ1n) is 8.82. The van der Waals surface area contributed by atoms with E-state index in [2.05, 4.69) is 38.8 Å². The van der Waals surface area contributed by atoms with Crippen LogP contribution in [0, 0.1) is 32.1 Å². The highest BCUT2D eigenvalue weighted by Crippen LogP contribution is 2.27. The number of nitrogens with zero attached hydrogens (tertiary/aromatic N) is 3. The molecule has 2 aromatic carbocycles.